The van der Waals surface area contributed by atoms with Gasteiger partial charge in [-0.25, -0.2) is 0 Å². The van der Waals surface area contributed by atoms with Crippen LogP contribution in [0.1, 0.15) is 36.0 Å². The molecular weight excluding hydrogens is 432 g/mol. The first-order chi connectivity index (χ1) is 14.1. The van der Waals surface area contributed by atoms with Crippen molar-refractivity contribution in [1.82, 2.24) is 10.2 Å². The van der Waals surface area contributed by atoms with Gasteiger partial charge in [0, 0.05) is 24.1 Å². The summed E-state index contributed by atoms with van der Waals surface area (Å²) in [6, 6.07) is 14.8. The third-order valence-electron chi connectivity index (χ3n) is 5.48. The van der Waals surface area contributed by atoms with Gasteiger partial charge in [-0.15, -0.1) is 0 Å². The van der Waals surface area contributed by atoms with E-state index < -0.39 is 0 Å². The van der Waals surface area contributed by atoms with Gasteiger partial charge in [-0.2, -0.15) is 0 Å². The van der Waals surface area contributed by atoms with E-state index in [0.29, 0.717) is 36.1 Å². The summed E-state index contributed by atoms with van der Waals surface area (Å²) in [4.78, 5) is 27.5. The predicted octanol–water partition coefficient (Wildman–Crippen LogP) is 4.62. The monoisotopic (exact) mass is 456 g/mol. The minimum Gasteiger partial charge on any atom is -0.456 e. The molecule has 0 spiro atoms. The van der Waals surface area contributed by atoms with Crippen LogP contribution in [0.4, 0.5) is 0 Å². The van der Waals surface area contributed by atoms with Crippen LogP contribution < -0.4 is 10.1 Å². The summed E-state index contributed by atoms with van der Waals surface area (Å²) in [6.45, 7) is 1.89. The van der Waals surface area contributed by atoms with Crippen molar-refractivity contribution in [3.05, 3.63) is 58.6 Å². The number of carbonyl (C=O) groups excluding carboxylic acids is 2. The van der Waals surface area contributed by atoms with E-state index >= 15 is 0 Å². The lowest BCUT2D eigenvalue weighted by molar-refractivity contribution is -0.126. The van der Waals surface area contributed by atoms with Crippen LogP contribution in [-0.4, -0.2) is 36.3 Å². The van der Waals surface area contributed by atoms with Crippen LogP contribution in [0.25, 0.3) is 0 Å². The fraction of sp³-hybridized carbons (Fsp3) is 0.391. The summed E-state index contributed by atoms with van der Waals surface area (Å²) in [5.41, 5.74) is 0.520. The quantitative estimate of drug-likeness (QED) is 0.689. The van der Waals surface area contributed by atoms with Gasteiger partial charge in [0.1, 0.15) is 11.5 Å². The Kier molecular flexibility index (Phi) is 6.19. The molecule has 1 atom stereocenters. The van der Waals surface area contributed by atoms with Crippen LogP contribution in [0.15, 0.2) is 53.0 Å². The first-order valence-electron chi connectivity index (χ1n) is 10.2. The summed E-state index contributed by atoms with van der Waals surface area (Å²) >= 11 is 3.44. The fourth-order valence-electron chi connectivity index (χ4n) is 3.65. The lowest BCUT2D eigenvalue weighted by Crippen LogP contribution is -2.45. The number of rotatable bonds is 6. The van der Waals surface area contributed by atoms with Crippen LogP contribution >= 0.6 is 15.9 Å². The molecule has 6 heteroatoms. The smallest absolute Gasteiger partial charge is 0.257 e. The summed E-state index contributed by atoms with van der Waals surface area (Å²) in [6.07, 6.45) is 4.09. The molecule has 2 fully saturated rings. The van der Waals surface area contributed by atoms with Gasteiger partial charge in [-0.1, -0.05) is 34.1 Å². The number of nitrogens with one attached hydrogen (secondary N) is 1. The number of para-hydroxylation sites is 1. The number of carbonyl (C=O) groups is 2. The van der Waals surface area contributed by atoms with Gasteiger partial charge in [0.15, 0.2) is 0 Å². The maximum Gasteiger partial charge on any atom is 0.257 e. The van der Waals surface area contributed by atoms with E-state index in [9.17, 15) is 9.59 Å². The third kappa shape index (κ3) is 5.18. The molecule has 0 unspecified atom stereocenters. The number of piperidine rings is 1. The predicted molar refractivity (Wildman–Crippen MR) is 115 cm³/mol. The van der Waals surface area contributed by atoms with Crippen molar-refractivity contribution in [3.8, 4) is 11.5 Å². The topological polar surface area (TPSA) is 58.6 Å². The van der Waals surface area contributed by atoms with Crippen molar-refractivity contribution >= 4 is 27.7 Å². The molecular formula is C23H25BrN2O3. The standard InChI is InChI=1S/C23H25BrN2O3/c24-18-6-3-7-19(13-18)29-21-9-2-1-8-20(21)23(28)26-12-4-5-17(15-26)22(27)25-14-16-10-11-16/h1-3,6-9,13,16-17H,4-5,10-12,14-15H2,(H,25,27)/t17-/m0/s1. The highest BCUT2D eigenvalue weighted by atomic mass is 79.9. The van der Waals surface area contributed by atoms with E-state index in [1.54, 1.807) is 17.0 Å². The summed E-state index contributed by atoms with van der Waals surface area (Å²) < 4.78 is 6.90. The van der Waals surface area contributed by atoms with E-state index in [2.05, 4.69) is 21.2 Å². The molecule has 0 radical (unpaired) electrons. The first-order valence-corrected chi connectivity index (χ1v) is 11.0. The van der Waals surface area contributed by atoms with Gasteiger partial charge in [0.05, 0.1) is 11.5 Å². The second kappa shape index (κ2) is 8.99. The minimum absolute atomic E-state index is 0.0769. The molecule has 152 valence electrons. The number of amides is 2. The van der Waals surface area contributed by atoms with E-state index in [4.69, 9.17) is 4.74 Å². The molecule has 1 N–H and O–H groups in total. The molecule has 0 aromatic heterocycles. The van der Waals surface area contributed by atoms with Gasteiger partial charge < -0.3 is 15.0 Å². The fourth-order valence-corrected chi connectivity index (χ4v) is 4.03. The van der Waals surface area contributed by atoms with Gasteiger partial charge >= 0.3 is 0 Å². The van der Waals surface area contributed by atoms with Gasteiger partial charge in [-0.05, 0) is 61.9 Å². The van der Waals surface area contributed by atoms with Crippen LogP contribution in [0.3, 0.4) is 0 Å². The number of benzene rings is 2. The second-order valence-corrected chi connectivity index (χ2v) is 8.75. The Balaban J connectivity index is 1.45. The zero-order valence-corrected chi connectivity index (χ0v) is 17.9. The molecule has 1 saturated carbocycles. The first kappa shape index (κ1) is 20.0. The Morgan fingerprint density at radius 2 is 1.93 bits per heavy atom. The van der Waals surface area contributed by atoms with Crippen molar-refractivity contribution < 1.29 is 14.3 Å². The Morgan fingerprint density at radius 3 is 2.72 bits per heavy atom. The molecule has 2 aromatic carbocycles. The molecule has 4 rings (SSSR count). The normalized spacial score (nSPS) is 18.9. The van der Waals surface area contributed by atoms with Crippen LogP contribution in [0, 0.1) is 11.8 Å². The highest BCUT2D eigenvalue weighted by molar-refractivity contribution is 9.10. The van der Waals surface area contributed by atoms with Gasteiger partial charge in [-0.3, -0.25) is 9.59 Å². The van der Waals surface area contributed by atoms with Crippen LogP contribution in [0.2, 0.25) is 0 Å². The average Bonchev–Trinajstić information content (AvgIpc) is 3.57. The molecule has 2 aliphatic rings. The third-order valence-corrected chi connectivity index (χ3v) is 5.98. The summed E-state index contributed by atoms with van der Waals surface area (Å²) in [7, 11) is 0. The molecule has 2 amide bonds. The minimum atomic E-state index is -0.135. The van der Waals surface area contributed by atoms with Crippen LogP contribution in [0.5, 0.6) is 11.5 Å². The highest BCUT2D eigenvalue weighted by Gasteiger charge is 2.31. The molecule has 29 heavy (non-hydrogen) atoms. The number of hydrogen-bond acceptors (Lipinski definition) is 3. The van der Waals surface area contributed by atoms with E-state index in [-0.39, 0.29) is 17.7 Å². The Hall–Kier alpha value is -2.34. The molecule has 1 aliphatic carbocycles. The molecule has 1 aliphatic heterocycles. The number of halogens is 1. The zero-order chi connectivity index (χ0) is 20.2. The number of nitrogens with zero attached hydrogens (tertiary/aromatic N) is 1. The lowest BCUT2D eigenvalue weighted by atomic mass is 9.96. The summed E-state index contributed by atoms with van der Waals surface area (Å²) in [5.74, 6) is 1.70. The molecule has 1 saturated heterocycles. The van der Waals surface area contributed by atoms with E-state index in [1.807, 2.05) is 36.4 Å². The Bertz CT molecular complexity index is 897. The Morgan fingerprint density at radius 1 is 1.10 bits per heavy atom. The molecule has 5 nitrogen and oxygen atoms in total. The number of likely N-dealkylation sites (tertiary alicyclic amines) is 1. The summed E-state index contributed by atoms with van der Waals surface area (Å²) in [5, 5.41) is 3.06. The maximum atomic E-state index is 13.2. The van der Waals surface area contributed by atoms with E-state index in [0.717, 1.165) is 23.9 Å². The average molecular weight is 457 g/mol. The van der Waals surface area contributed by atoms with Gasteiger partial charge in [0.25, 0.3) is 5.91 Å². The van der Waals surface area contributed by atoms with Gasteiger partial charge in [0.2, 0.25) is 5.91 Å². The van der Waals surface area contributed by atoms with Crippen molar-refractivity contribution in [2.24, 2.45) is 11.8 Å². The molecule has 2 aromatic rings. The van der Waals surface area contributed by atoms with Crippen molar-refractivity contribution in [1.29, 1.82) is 0 Å². The zero-order valence-electron chi connectivity index (χ0n) is 16.3. The van der Waals surface area contributed by atoms with Crippen LogP contribution in [-0.2, 0) is 4.79 Å². The number of hydrogen-bond donors (Lipinski definition) is 1. The maximum absolute atomic E-state index is 13.2. The largest absolute Gasteiger partial charge is 0.456 e. The molecule has 0 bridgehead atoms. The van der Waals surface area contributed by atoms with Crippen molar-refractivity contribution in [3.63, 3.8) is 0 Å². The van der Waals surface area contributed by atoms with Crippen molar-refractivity contribution in [2.45, 2.75) is 25.7 Å². The lowest BCUT2D eigenvalue weighted by Gasteiger charge is -2.32. The van der Waals surface area contributed by atoms with E-state index in [1.165, 1.54) is 12.8 Å². The molecule has 1 heterocycles. The Labute approximate surface area is 179 Å². The number of ether oxygens (including phenoxy) is 1. The highest BCUT2D eigenvalue weighted by Crippen LogP contribution is 2.30. The van der Waals surface area contributed by atoms with Crippen molar-refractivity contribution in [2.75, 3.05) is 19.6 Å². The SMILES string of the molecule is O=C(NCC1CC1)[C@H]1CCCN(C(=O)c2ccccc2Oc2cccc(Br)c2)C1. The second-order valence-electron chi connectivity index (χ2n) is 7.83.